The molecule has 0 aliphatic rings. The largest absolute Gasteiger partial charge is 0.207 e. The highest BCUT2D eigenvalue weighted by Crippen LogP contribution is 2.33. The highest BCUT2D eigenvalue weighted by molar-refractivity contribution is 6.31. The van der Waals surface area contributed by atoms with Crippen molar-refractivity contribution in [1.29, 1.82) is 0 Å². The monoisotopic (exact) mass is 296 g/mol. The third kappa shape index (κ3) is 3.10. The van der Waals surface area contributed by atoms with Crippen LogP contribution in [-0.2, 0) is 6.42 Å². The summed E-state index contributed by atoms with van der Waals surface area (Å²) in [6.07, 6.45) is 0.388. The van der Waals surface area contributed by atoms with Gasteiger partial charge in [-0.1, -0.05) is 35.9 Å². The van der Waals surface area contributed by atoms with Gasteiger partial charge in [-0.3, -0.25) is 0 Å². The molecule has 0 fully saturated rings. The van der Waals surface area contributed by atoms with Crippen molar-refractivity contribution in [3.8, 4) is 0 Å². The van der Waals surface area contributed by atoms with E-state index in [1.807, 2.05) is 32.0 Å². The van der Waals surface area contributed by atoms with Crippen LogP contribution in [0.25, 0.3) is 0 Å². The van der Waals surface area contributed by atoms with E-state index in [0.717, 1.165) is 16.7 Å². The van der Waals surface area contributed by atoms with Crippen LogP contribution in [0.3, 0.4) is 0 Å². The molecule has 0 saturated heterocycles. The SMILES string of the molecule is Cc1cccc(C)c1C(Cl)Cc1c(F)cccc1Cl. The molecule has 0 N–H and O–H groups in total. The fourth-order valence-electron chi connectivity index (χ4n) is 2.33. The van der Waals surface area contributed by atoms with E-state index in [1.165, 1.54) is 6.07 Å². The first-order chi connectivity index (χ1) is 9.00. The van der Waals surface area contributed by atoms with Gasteiger partial charge in [0, 0.05) is 10.6 Å². The van der Waals surface area contributed by atoms with Gasteiger partial charge in [0.15, 0.2) is 0 Å². The maximum absolute atomic E-state index is 13.8. The molecular formula is C16H15Cl2F. The van der Waals surface area contributed by atoms with E-state index in [-0.39, 0.29) is 11.2 Å². The van der Waals surface area contributed by atoms with Gasteiger partial charge < -0.3 is 0 Å². The predicted molar refractivity (Wildman–Crippen MR) is 79.6 cm³/mol. The summed E-state index contributed by atoms with van der Waals surface area (Å²) in [4.78, 5) is 0. The first-order valence-corrected chi connectivity index (χ1v) is 6.95. The summed E-state index contributed by atoms with van der Waals surface area (Å²) in [5.74, 6) is -0.301. The van der Waals surface area contributed by atoms with Gasteiger partial charge in [-0.2, -0.15) is 0 Å². The van der Waals surface area contributed by atoms with Gasteiger partial charge in [0.05, 0.1) is 5.38 Å². The Morgan fingerprint density at radius 2 is 1.63 bits per heavy atom. The molecule has 0 radical (unpaired) electrons. The van der Waals surface area contributed by atoms with Crippen molar-refractivity contribution in [2.45, 2.75) is 25.6 Å². The first kappa shape index (κ1) is 14.4. The van der Waals surface area contributed by atoms with Crippen LogP contribution in [-0.4, -0.2) is 0 Å². The number of alkyl halides is 1. The lowest BCUT2D eigenvalue weighted by Gasteiger charge is -2.16. The zero-order chi connectivity index (χ0) is 14.0. The lowest BCUT2D eigenvalue weighted by Crippen LogP contribution is -2.03. The van der Waals surface area contributed by atoms with Gasteiger partial charge in [0.2, 0.25) is 0 Å². The average molecular weight is 297 g/mol. The second kappa shape index (κ2) is 5.94. The van der Waals surface area contributed by atoms with E-state index in [1.54, 1.807) is 12.1 Å². The predicted octanol–water partition coefficient (Wildman–Crippen LogP) is 5.62. The molecule has 0 saturated carbocycles. The van der Waals surface area contributed by atoms with Crippen LogP contribution in [0, 0.1) is 19.7 Å². The van der Waals surface area contributed by atoms with Gasteiger partial charge in [-0.05, 0) is 49.1 Å². The molecule has 0 aliphatic heterocycles. The number of hydrogen-bond acceptors (Lipinski definition) is 0. The Balaban J connectivity index is 2.34. The highest BCUT2D eigenvalue weighted by Gasteiger charge is 2.17. The maximum Gasteiger partial charge on any atom is 0.127 e. The zero-order valence-electron chi connectivity index (χ0n) is 10.9. The van der Waals surface area contributed by atoms with E-state index in [0.29, 0.717) is 17.0 Å². The molecule has 2 aromatic carbocycles. The van der Waals surface area contributed by atoms with Crippen molar-refractivity contribution < 1.29 is 4.39 Å². The smallest absolute Gasteiger partial charge is 0.127 e. The van der Waals surface area contributed by atoms with Gasteiger partial charge in [-0.25, -0.2) is 4.39 Å². The van der Waals surface area contributed by atoms with Crippen molar-refractivity contribution in [3.63, 3.8) is 0 Å². The Bertz CT molecular complexity index is 553. The summed E-state index contributed by atoms with van der Waals surface area (Å²) < 4.78 is 13.8. The number of rotatable bonds is 3. The van der Waals surface area contributed by atoms with Crippen molar-refractivity contribution in [1.82, 2.24) is 0 Å². The van der Waals surface area contributed by atoms with Crippen LogP contribution in [0.5, 0.6) is 0 Å². The fraction of sp³-hybridized carbons (Fsp3) is 0.250. The van der Waals surface area contributed by atoms with Gasteiger partial charge in [-0.15, -0.1) is 11.6 Å². The molecule has 1 atom stereocenters. The summed E-state index contributed by atoms with van der Waals surface area (Å²) in [5, 5.41) is 0.146. The minimum Gasteiger partial charge on any atom is -0.207 e. The molecule has 19 heavy (non-hydrogen) atoms. The van der Waals surface area contributed by atoms with E-state index < -0.39 is 0 Å². The van der Waals surface area contributed by atoms with Crippen molar-refractivity contribution in [2.24, 2.45) is 0 Å². The number of benzene rings is 2. The van der Waals surface area contributed by atoms with E-state index in [2.05, 4.69) is 0 Å². The summed E-state index contributed by atoms with van der Waals surface area (Å²) in [6.45, 7) is 4.03. The Hall–Kier alpha value is -1.05. The molecule has 0 spiro atoms. The summed E-state index contributed by atoms with van der Waals surface area (Å²) >= 11 is 12.5. The van der Waals surface area contributed by atoms with Crippen LogP contribution in [0.1, 0.15) is 27.6 Å². The molecule has 0 aliphatic carbocycles. The first-order valence-electron chi connectivity index (χ1n) is 6.13. The van der Waals surface area contributed by atoms with Crippen molar-refractivity contribution >= 4 is 23.2 Å². The van der Waals surface area contributed by atoms with Gasteiger partial charge >= 0.3 is 0 Å². The molecule has 1 unspecified atom stereocenters. The molecule has 3 heteroatoms. The zero-order valence-corrected chi connectivity index (χ0v) is 12.4. The van der Waals surface area contributed by atoms with E-state index >= 15 is 0 Å². The third-order valence-electron chi connectivity index (χ3n) is 3.30. The molecule has 0 heterocycles. The molecule has 2 aromatic rings. The highest BCUT2D eigenvalue weighted by atomic mass is 35.5. The van der Waals surface area contributed by atoms with Gasteiger partial charge in [0.25, 0.3) is 0 Å². The Labute approximate surface area is 123 Å². The molecule has 2 rings (SSSR count). The minimum absolute atomic E-state index is 0.282. The molecule has 0 bridgehead atoms. The topological polar surface area (TPSA) is 0 Å². The minimum atomic E-state index is -0.301. The van der Waals surface area contributed by atoms with Crippen LogP contribution >= 0.6 is 23.2 Å². The summed E-state index contributed by atoms with van der Waals surface area (Å²) in [5.41, 5.74) is 3.77. The van der Waals surface area contributed by atoms with Gasteiger partial charge in [0.1, 0.15) is 5.82 Å². The number of aryl methyl sites for hydroxylation is 2. The lowest BCUT2D eigenvalue weighted by molar-refractivity contribution is 0.607. The molecule has 100 valence electrons. The average Bonchev–Trinajstić information content (AvgIpc) is 2.34. The molecule has 0 amide bonds. The van der Waals surface area contributed by atoms with E-state index in [9.17, 15) is 4.39 Å². The van der Waals surface area contributed by atoms with Crippen molar-refractivity contribution in [2.75, 3.05) is 0 Å². The quantitative estimate of drug-likeness (QED) is 0.645. The van der Waals surface area contributed by atoms with Crippen LogP contribution < -0.4 is 0 Å². The molecule has 0 aromatic heterocycles. The summed E-state index contributed by atoms with van der Waals surface area (Å²) in [7, 11) is 0. The second-order valence-corrected chi connectivity index (χ2v) is 5.61. The summed E-state index contributed by atoms with van der Waals surface area (Å²) in [6, 6.07) is 10.7. The Morgan fingerprint density at radius 3 is 2.21 bits per heavy atom. The van der Waals surface area contributed by atoms with Crippen LogP contribution in [0.15, 0.2) is 36.4 Å². The Morgan fingerprint density at radius 1 is 1.05 bits per heavy atom. The maximum atomic E-state index is 13.8. The van der Waals surface area contributed by atoms with E-state index in [4.69, 9.17) is 23.2 Å². The number of hydrogen-bond donors (Lipinski definition) is 0. The molecular weight excluding hydrogens is 282 g/mol. The normalized spacial score (nSPS) is 12.5. The van der Waals surface area contributed by atoms with Crippen molar-refractivity contribution in [3.05, 3.63) is 69.5 Å². The fourth-order valence-corrected chi connectivity index (χ4v) is 3.07. The Kier molecular flexibility index (Phi) is 4.49. The third-order valence-corrected chi connectivity index (χ3v) is 4.03. The van der Waals surface area contributed by atoms with Crippen LogP contribution in [0.2, 0.25) is 5.02 Å². The lowest BCUT2D eigenvalue weighted by atomic mass is 9.96. The van der Waals surface area contributed by atoms with Crippen LogP contribution in [0.4, 0.5) is 4.39 Å². The second-order valence-electron chi connectivity index (χ2n) is 4.68. The molecule has 0 nitrogen and oxygen atoms in total. The number of halogens is 3. The standard InChI is InChI=1S/C16H15Cl2F/c1-10-5-3-6-11(2)16(10)14(18)9-12-13(17)7-4-8-15(12)19/h3-8,14H,9H2,1-2H3.